The van der Waals surface area contributed by atoms with Crippen LogP contribution in [0, 0.1) is 6.92 Å². The summed E-state index contributed by atoms with van der Waals surface area (Å²) in [5.74, 6) is 0.249. The molecule has 0 atom stereocenters. The highest BCUT2D eigenvalue weighted by Gasteiger charge is 2.50. The van der Waals surface area contributed by atoms with Crippen LogP contribution in [0.3, 0.4) is 0 Å². The summed E-state index contributed by atoms with van der Waals surface area (Å²) >= 11 is 0. The number of amides is 1. The van der Waals surface area contributed by atoms with Crippen LogP contribution in [0.1, 0.15) is 49.7 Å². The molecular weight excluding hydrogens is 312 g/mol. The predicted molar refractivity (Wildman–Crippen MR) is 98.7 cm³/mol. The minimum Gasteiger partial charge on any atom is -0.379 e. The van der Waals surface area contributed by atoms with Crippen LogP contribution in [-0.2, 0) is 14.9 Å². The van der Waals surface area contributed by atoms with Gasteiger partial charge >= 0.3 is 0 Å². The molecule has 1 aliphatic heterocycles. The molecule has 136 valence electrons. The highest BCUT2D eigenvalue weighted by molar-refractivity contribution is 5.89. The van der Waals surface area contributed by atoms with Gasteiger partial charge in [-0.1, -0.05) is 37.1 Å². The van der Waals surface area contributed by atoms with Gasteiger partial charge in [0.05, 0.1) is 18.6 Å². The van der Waals surface area contributed by atoms with Crippen LogP contribution in [0.25, 0.3) is 0 Å². The molecule has 2 saturated carbocycles. The number of nitrogens with one attached hydrogen (secondary N) is 1. The molecule has 0 aromatic heterocycles. The fourth-order valence-corrected chi connectivity index (χ4v) is 4.91. The Morgan fingerprint density at radius 1 is 1.12 bits per heavy atom. The van der Waals surface area contributed by atoms with Crippen LogP contribution in [0.5, 0.6) is 0 Å². The van der Waals surface area contributed by atoms with E-state index in [4.69, 9.17) is 4.74 Å². The topological polar surface area (TPSA) is 41.6 Å². The molecular formula is C21H30N2O2. The summed E-state index contributed by atoms with van der Waals surface area (Å²) in [5.41, 5.74) is 2.37. The zero-order chi connectivity index (χ0) is 17.3. The van der Waals surface area contributed by atoms with Crippen molar-refractivity contribution in [1.29, 1.82) is 0 Å². The smallest absolute Gasteiger partial charge is 0.230 e. The van der Waals surface area contributed by atoms with E-state index in [9.17, 15) is 4.79 Å². The Morgan fingerprint density at radius 3 is 2.44 bits per heavy atom. The van der Waals surface area contributed by atoms with Crippen molar-refractivity contribution >= 4 is 5.91 Å². The molecule has 3 fully saturated rings. The molecule has 4 nitrogen and oxygen atoms in total. The van der Waals surface area contributed by atoms with E-state index in [1.54, 1.807) is 0 Å². The second kappa shape index (κ2) is 6.73. The predicted octanol–water partition coefficient (Wildman–Crippen LogP) is 2.79. The van der Waals surface area contributed by atoms with E-state index < -0.39 is 0 Å². The number of hydrogen-bond acceptors (Lipinski definition) is 3. The zero-order valence-corrected chi connectivity index (χ0v) is 15.4. The number of aryl methyl sites for hydroxylation is 1. The zero-order valence-electron chi connectivity index (χ0n) is 15.4. The maximum Gasteiger partial charge on any atom is 0.230 e. The maximum atomic E-state index is 13.3. The van der Waals surface area contributed by atoms with E-state index in [0.717, 1.165) is 58.5 Å². The van der Waals surface area contributed by atoms with Crippen LogP contribution >= 0.6 is 0 Å². The molecule has 1 heterocycles. The Bertz CT molecular complexity index is 627. The van der Waals surface area contributed by atoms with Gasteiger partial charge in [-0.05, 0) is 43.7 Å². The van der Waals surface area contributed by atoms with Gasteiger partial charge in [-0.2, -0.15) is 0 Å². The van der Waals surface area contributed by atoms with Crippen LogP contribution < -0.4 is 5.32 Å². The van der Waals surface area contributed by atoms with Gasteiger partial charge in [-0.25, -0.2) is 0 Å². The third kappa shape index (κ3) is 3.11. The second-order valence-corrected chi connectivity index (χ2v) is 8.11. The highest BCUT2D eigenvalue weighted by Crippen LogP contribution is 2.44. The lowest BCUT2D eigenvalue weighted by Gasteiger charge is -2.36. The Morgan fingerprint density at radius 2 is 1.80 bits per heavy atom. The third-order valence-corrected chi connectivity index (χ3v) is 6.64. The van der Waals surface area contributed by atoms with Crippen molar-refractivity contribution in [3.8, 4) is 0 Å². The van der Waals surface area contributed by atoms with Crippen molar-refractivity contribution in [1.82, 2.24) is 10.2 Å². The van der Waals surface area contributed by atoms with Crippen LogP contribution in [-0.4, -0.2) is 49.2 Å². The number of rotatable bonds is 5. The largest absolute Gasteiger partial charge is 0.379 e. The van der Waals surface area contributed by atoms with E-state index in [1.807, 2.05) is 0 Å². The van der Waals surface area contributed by atoms with Gasteiger partial charge in [-0.15, -0.1) is 0 Å². The molecule has 1 amide bonds. The van der Waals surface area contributed by atoms with Crippen LogP contribution in [0.15, 0.2) is 24.3 Å². The van der Waals surface area contributed by atoms with Crippen molar-refractivity contribution in [3.63, 3.8) is 0 Å². The molecule has 4 heteroatoms. The number of carbonyl (C=O) groups is 1. The van der Waals surface area contributed by atoms with E-state index in [2.05, 4.69) is 41.4 Å². The molecule has 0 bridgehead atoms. The second-order valence-electron chi connectivity index (χ2n) is 8.11. The molecule has 4 rings (SSSR count). The van der Waals surface area contributed by atoms with Crippen LogP contribution in [0.4, 0.5) is 0 Å². The van der Waals surface area contributed by atoms with Crippen molar-refractivity contribution < 1.29 is 9.53 Å². The molecule has 25 heavy (non-hydrogen) atoms. The minimum atomic E-state index is -0.313. The van der Waals surface area contributed by atoms with E-state index in [0.29, 0.717) is 0 Å². The number of ether oxygens (including phenoxy) is 1. The molecule has 0 unspecified atom stereocenters. The fourth-order valence-electron chi connectivity index (χ4n) is 4.91. The van der Waals surface area contributed by atoms with E-state index in [-0.39, 0.29) is 16.9 Å². The summed E-state index contributed by atoms with van der Waals surface area (Å²) in [6.07, 6.45) is 6.66. The first-order valence-electron chi connectivity index (χ1n) is 9.84. The number of carbonyl (C=O) groups excluding carboxylic acids is 1. The Balaban J connectivity index is 1.48. The van der Waals surface area contributed by atoms with Gasteiger partial charge in [0.15, 0.2) is 0 Å². The molecule has 3 aliphatic rings. The lowest BCUT2D eigenvalue weighted by molar-refractivity contribution is -0.127. The van der Waals surface area contributed by atoms with Gasteiger partial charge in [0.2, 0.25) is 5.91 Å². The quantitative estimate of drug-likeness (QED) is 0.895. The monoisotopic (exact) mass is 342 g/mol. The first-order valence-corrected chi connectivity index (χ1v) is 9.84. The van der Waals surface area contributed by atoms with E-state index in [1.165, 1.54) is 24.0 Å². The van der Waals surface area contributed by atoms with Gasteiger partial charge in [0, 0.05) is 25.2 Å². The van der Waals surface area contributed by atoms with Crippen molar-refractivity contribution in [2.75, 3.05) is 32.8 Å². The summed E-state index contributed by atoms with van der Waals surface area (Å²) < 4.78 is 5.49. The normalized spacial score (nSPS) is 24.8. The van der Waals surface area contributed by atoms with Gasteiger partial charge < -0.3 is 10.1 Å². The van der Waals surface area contributed by atoms with E-state index >= 15 is 0 Å². The Kier molecular flexibility index (Phi) is 4.59. The average molecular weight is 342 g/mol. The summed E-state index contributed by atoms with van der Waals surface area (Å²) in [5, 5.41) is 3.37. The van der Waals surface area contributed by atoms with Crippen LogP contribution in [0.2, 0.25) is 0 Å². The standard InChI is InChI=1S/C21H30N2O2/c1-17-6-2-3-7-18(17)21(8-4-5-9-21)19(24)22-16-20(10-11-20)23-12-14-25-15-13-23/h2-3,6-7H,4-5,8-16H2,1H3,(H,22,24). The number of morpholine rings is 1. The van der Waals surface area contributed by atoms with Crippen molar-refractivity contribution in [2.24, 2.45) is 0 Å². The number of nitrogens with zero attached hydrogens (tertiary/aromatic N) is 1. The molecule has 1 aromatic rings. The average Bonchev–Trinajstić information content (AvgIpc) is 3.29. The lowest BCUT2D eigenvalue weighted by Crippen LogP contribution is -2.53. The van der Waals surface area contributed by atoms with Gasteiger partial charge in [0.25, 0.3) is 0 Å². The molecule has 2 aliphatic carbocycles. The van der Waals surface area contributed by atoms with Gasteiger partial charge in [-0.3, -0.25) is 9.69 Å². The minimum absolute atomic E-state index is 0.199. The molecule has 1 aromatic carbocycles. The number of hydrogen-bond donors (Lipinski definition) is 1. The Labute approximate surface area is 150 Å². The summed E-state index contributed by atoms with van der Waals surface area (Å²) in [6, 6.07) is 8.44. The summed E-state index contributed by atoms with van der Waals surface area (Å²) in [6.45, 7) is 6.57. The SMILES string of the molecule is Cc1ccccc1C1(C(=O)NCC2(N3CCOCC3)CC2)CCCC1. The lowest BCUT2D eigenvalue weighted by atomic mass is 9.76. The van der Waals surface area contributed by atoms with Crippen molar-refractivity contribution in [2.45, 2.75) is 56.4 Å². The molecule has 0 radical (unpaired) electrons. The first kappa shape index (κ1) is 17.0. The Hall–Kier alpha value is -1.39. The summed E-state index contributed by atoms with van der Waals surface area (Å²) in [7, 11) is 0. The highest BCUT2D eigenvalue weighted by atomic mass is 16.5. The molecule has 1 N–H and O–H groups in total. The first-order chi connectivity index (χ1) is 12.2. The maximum absolute atomic E-state index is 13.3. The molecule has 0 spiro atoms. The number of benzene rings is 1. The third-order valence-electron chi connectivity index (χ3n) is 6.64. The van der Waals surface area contributed by atoms with Crippen molar-refractivity contribution in [3.05, 3.63) is 35.4 Å². The molecule has 1 saturated heterocycles. The fraction of sp³-hybridized carbons (Fsp3) is 0.667. The summed E-state index contributed by atoms with van der Waals surface area (Å²) in [4.78, 5) is 15.9. The van der Waals surface area contributed by atoms with Gasteiger partial charge in [0.1, 0.15) is 0 Å².